The van der Waals surface area contributed by atoms with E-state index in [1.807, 2.05) is 0 Å². The molecule has 1 unspecified atom stereocenters. The molecule has 1 aromatic rings. The van der Waals surface area contributed by atoms with Crippen LogP contribution in [-0.2, 0) is 9.59 Å². The third-order valence-electron chi connectivity index (χ3n) is 4.69. The van der Waals surface area contributed by atoms with E-state index in [-0.39, 0.29) is 41.9 Å². The Morgan fingerprint density at radius 2 is 2.10 bits per heavy atom. The number of hydrogen-bond donors (Lipinski definition) is 3. The van der Waals surface area contributed by atoms with Crippen LogP contribution in [0.3, 0.4) is 0 Å². The highest BCUT2D eigenvalue weighted by molar-refractivity contribution is 6.11. The highest BCUT2D eigenvalue weighted by atomic mass is 19.4. The number of pyridine rings is 1. The minimum atomic E-state index is -4.61. The number of halogens is 4. The molecular weight excluding hydrogens is 410 g/mol. The lowest BCUT2D eigenvalue weighted by atomic mass is 9.83. The van der Waals surface area contributed by atoms with Gasteiger partial charge in [-0.2, -0.15) is 13.2 Å². The smallest absolute Gasteiger partial charge is 0.422 e. The zero-order chi connectivity index (χ0) is 22.6. The number of carbonyl (C=O) groups is 2. The Morgan fingerprint density at radius 3 is 2.67 bits per heavy atom. The molecule has 1 heterocycles. The summed E-state index contributed by atoms with van der Waals surface area (Å²) in [5, 5.41) is 20.6. The molecule has 0 saturated carbocycles. The second-order valence-electron chi connectivity index (χ2n) is 6.99. The molecule has 0 radical (unpaired) electrons. The number of aromatic nitrogens is 1. The van der Waals surface area contributed by atoms with Crippen LogP contribution in [0.25, 0.3) is 0 Å². The monoisotopic (exact) mass is 431 g/mol. The average molecular weight is 431 g/mol. The number of carbonyl (C=O) groups excluding carboxylic acids is 1. The normalized spacial score (nSPS) is 18.0. The third kappa shape index (κ3) is 6.01. The van der Waals surface area contributed by atoms with Gasteiger partial charge in [0.25, 0.3) is 0 Å². The van der Waals surface area contributed by atoms with E-state index < -0.39 is 42.4 Å². The summed E-state index contributed by atoms with van der Waals surface area (Å²) in [6.07, 6.45) is -3.64. The fourth-order valence-electron chi connectivity index (χ4n) is 2.95. The standard InChI is InChI=1S/C19H21F4N3O4/c1-9(10(2)27)26-15-5-11(18(28)29)3-4-12(15)17(24)13-6-16(25-7-14(13)20)30-8-19(21,22)23/h6-7,9,11,24,26H,3-5,8H2,1-2H3,(H,28,29)/t9?,11-/m1/s1. The number of allylic oxidation sites excluding steroid dienone is 2. The van der Waals surface area contributed by atoms with Gasteiger partial charge in [0.2, 0.25) is 5.88 Å². The maximum Gasteiger partial charge on any atom is 0.422 e. The fourth-order valence-corrected chi connectivity index (χ4v) is 2.95. The molecule has 2 rings (SSSR count). The molecule has 0 amide bonds. The van der Waals surface area contributed by atoms with Crippen LogP contribution in [0, 0.1) is 17.1 Å². The van der Waals surface area contributed by atoms with Crippen molar-refractivity contribution in [2.24, 2.45) is 5.92 Å². The van der Waals surface area contributed by atoms with E-state index >= 15 is 0 Å². The summed E-state index contributed by atoms with van der Waals surface area (Å²) in [6.45, 7) is 1.29. The summed E-state index contributed by atoms with van der Waals surface area (Å²) in [6, 6.07) is 0.231. The van der Waals surface area contributed by atoms with Crippen molar-refractivity contribution < 1.29 is 37.0 Å². The molecule has 30 heavy (non-hydrogen) atoms. The van der Waals surface area contributed by atoms with Crippen LogP contribution < -0.4 is 10.1 Å². The first kappa shape index (κ1) is 23.3. The SMILES string of the molecule is CC(=O)C(C)NC1=C(C(=N)c2cc(OCC(F)(F)F)ncc2F)CC[C@@H](C(=O)O)C1. The van der Waals surface area contributed by atoms with Crippen LogP contribution in [-0.4, -0.2) is 46.4 Å². The number of aliphatic carboxylic acids is 1. The molecule has 0 fully saturated rings. The summed E-state index contributed by atoms with van der Waals surface area (Å²) < 4.78 is 55.9. The van der Waals surface area contributed by atoms with Crippen LogP contribution in [0.2, 0.25) is 0 Å². The molecule has 0 aromatic carbocycles. The first-order chi connectivity index (χ1) is 13.9. The van der Waals surface area contributed by atoms with Crippen LogP contribution in [0.1, 0.15) is 38.7 Å². The van der Waals surface area contributed by atoms with Crippen molar-refractivity contribution in [1.82, 2.24) is 10.3 Å². The molecule has 7 nitrogen and oxygen atoms in total. The summed E-state index contributed by atoms with van der Waals surface area (Å²) in [7, 11) is 0. The van der Waals surface area contributed by atoms with Gasteiger partial charge in [-0.15, -0.1) is 0 Å². The number of Topliss-reactive ketones (excluding diaryl/α,β-unsaturated/α-hetero) is 1. The second kappa shape index (κ2) is 9.23. The van der Waals surface area contributed by atoms with Crippen LogP contribution >= 0.6 is 0 Å². The zero-order valence-corrected chi connectivity index (χ0v) is 16.3. The van der Waals surface area contributed by atoms with Gasteiger partial charge >= 0.3 is 12.1 Å². The Balaban J connectivity index is 2.39. The number of ether oxygens (including phenoxy) is 1. The number of alkyl halides is 3. The van der Waals surface area contributed by atoms with E-state index in [0.717, 1.165) is 6.07 Å². The number of nitrogens with zero attached hydrogens (tertiary/aromatic N) is 1. The van der Waals surface area contributed by atoms with Gasteiger partial charge in [-0.1, -0.05) is 0 Å². The molecule has 0 saturated heterocycles. The minimum absolute atomic E-state index is 0.00873. The number of hydrogen-bond acceptors (Lipinski definition) is 6. The molecule has 0 bridgehead atoms. The highest BCUT2D eigenvalue weighted by Gasteiger charge is 2.31. The summed E-state index contributed by atoms with van der Waals surface area (Å²) in [5.41, 5.74) is -0.0719. The number of rotatable bonds is 8. The quantitative estimate of drug-likeness (QED) is 0.430. The number of nitrogens with one attached hydrogen (secondary N) is 2. The highest BCUT2D eigenvalue weighted by Crippen LogP contribution is 2.32. The van der Waals surface area contributed by atoms with Crippen molar-refractivity contribution in [3.8, 4) is 5.88 Å². The molecule has 0 spiro atoms. The van der Waals surface area contributed by atoms with Crippen LogP contribution in [0.4, 0.5) is 17.6 Å². The van der Waals surface area contributed by atoms with Gasteiger partial charge in [-0.05, 0) is 32.3 Å². The maximum absolute atomic E-state index is 14.3. The molecule has 3 N–H and O–H groups in total. The van der Waals surface area contributed by atoms with Gasteiger partial charge < -0.3 is 15.2 Å². The van der Waals surface area contributed by atoms with Crippen molar-refractivity contribution in [1.29, 1.82) is 5.41 Å². The van der Waals surface area contributed by atoms with Gasteiger partial charge in [-0.3, -0.25) is 15.0 Å². The first-order valence-corrected chi connectivity index (χ1v) is 9.05. The Labute approximate surface area is 169 Å². The molecule has 164 valence electrons. The fraction of sp³-hybridized carbons (Fsp3) is 0.474. The Bertz CT molecular complexity index is 883. The molecule has 0 aliphatic heterocycles. The second-order valence-corrected chi connectivity index (χ2v) is 6.99. The summed E-state index contributed by atoms with van der Waals surface area (Å²) >= 11 is 0. The van der Waals surface area contributed by atoms with Gasteiger partial charge in [0.1, 0.15) is 0 Å². The minimum Gasteiger partial charge on any atom is -0.481 e. The molecule has 11 heteroatoms. The van der Waals surface area contributed by atoms with Crippen molar-refractivity contribution in [3.63, 3.8) is 0 Å². The Kier molecular flexibility index (Phi) is 7.16. The van der Waals surface area contributed by atoms with Gasteiger partial charge in [0, 0.05) is 23.7 Å². The van der Waals surface area contributed by atoms with Crippen molar-refractivity contribution in [2.45, 2.75) is 45.3 Å². The summed E-state index contributed by atoms with van der Waals surface area (Å²) in [4.78, 5) is 26.4. The molecule has 1 aromatic heterocycles. The first-order valence-electron chi connectivity index (χ1n) is 9.05. The van der Waals surface area contributed by atoms with E-state index in [0.29, 0.717) is 11.9 Å². The van der Waals surface area contributed by atoms with E-state index in [9.17, 15) is 32.3 Å². The molecule has 2 atom stereocenters. The van der Waals surface area contributed by atoms with Crippen molar-refractivity contribution >= 4 is 17.5 Å². The third-order valence-corrected chi connectivity index (χ3v) is 4.69. The number of carboxylic acids is 1. The van der Waals surface area contributed by atoms with E-state index in [1.165, 1.54) is 6.92 Å². The predicted molar refractivity (Wildman–Crippen MR) is 97.9 cm³/mol. The lowest BCUT2D eigenvalue weighted by Crippen LogP contribution is -2.36. The molecule has 1 aliphatic carbocycles. The maximum atomic E-state index is 14.3. The van der Waals surface area contributed by atoms with Crippen molar-refractivity contribution in [2.75, 3.05) is 6.61 Å². The van der Waals surface area contributed by atoms with Gasteiger partial charge in [0.05, 0.1) is 23.9 Å². The zero-order valence-electron chi connectivity index (χ0n) is 16.3. The number of carboxylic acid groups (broad SMARTS) is 1. The topological polar surface area (TPSA) is 112 Å². The number of ketones is 1. The molecular formula is C19H21F4N3O4. The van der Waals surface area contributed by atoms with E-state index in [4.69, 9.17) is 5.41 Å². The van der Waals surface area contributed by atoms with Crippen molar-refractivity contribution in [3.05, 3.63) is 34.9 Å². The predicted octanol–water partition coefficient (Wildman–Crippen LogP) is 3.24. The Hall–Kier alpha value is -2.98. The van der Waals surface area contributed by atoms with Gasteiger partial charge in [0.15, 0.2) is 18.2 Å². The van der Waals surface area contributed by atoms with E-state index in [1.54, 1.807) is 6.92 Å². The van der Waals surface area contributed by atoms with Crippen LogP contribution in [0.15, 0.2) is 23.5 Å². The largest absolute Gasteiger partial charge is 0.481 e. The average Bonchev–Trinajstić information content (AvgIpc) is 2.66. The molecule has 1 aliphatic rings. The lowest BCUT2D eigenvalue weighted by molar-refractivity contribution is -0.154. The van der Waals surface area contributed by atoms with Gasteiger partial charge in [-0.25, -0.2) is 9.37 Å². The van der Waals surface area contributed by atoms with Crippen LogP contribution in [0.5, 0.6) is 5.88 Å². The summed E-state index contributed by atoms with van der Waals surface area (Å²) in [5.74, 6) is -3.43. The Morgan fingerprint density at radius 1 is 1.43 bits per heavy atom. The van der Waals surface area contributed by atoms with E-state index in [2.05, 4.69) is 15.0 Å². The lowest BCUT2D eigenvalue weighted by Gasteiger charge is -2.28.